The summed E-state index contributed by atoms with van der Waals surface area (Å²) in [4.78, 5) is 7.13. The summed E-state index contributed by atoms with van der Waals surface area (Å²) in [5.41, 5.74) is 0. The molecule has 1 N–H and O–H groups in total. The summed E-state index contributed by atoms with van der Waals surface area (Å²) in [5.74, 6) is 2.01. The van der Waals surface area contributed by atoms with Crippen molar-refractivity contribution in [3.63, 3.8) is 0 Å². The SMILES string of the molecule is CCC1CN(Cc2ncnn2C(C)C)C(C2CC2)CN1. The van der Waals surface area contributed by atoms with Crippen molar-refractivity contribution in [2.24, 2.45) is 5.92 Å². The van der Waals surface area contributed by atoms with E-state index in [0.29, 0.717) is 18.1 Å². The van der Waals surface area contributed by atoms with Crippen molar-refractivity contribution in [2.75, 3.05) is 13.1 Å². The number of nitrogens with one attached hydrogen (secondary N) is 1. The Hall–Kier alpha value is -0.940. The first-order valence-electron chi connectivity index (χ1n) is 8.04. The molecule has 1 aliphatic carbocycles. The standard InChI is InChI=1S/C15H27N5/c1-4-13-8-19(14(7-16-13)12-5-6-12)9-15-17-10-18-20(15)11(2)3/h10-14,16H,4-9H2,1-3H3. The molecule has 2 aliphatic rings. The Bertz CT molecular complexity index is 437. The molecule has 1 aromatic heterocycles. The molecular weight excluding hydrogens is 250 g/mol. The van der Waals surface area contributed by atoms with Gasteiger partial charge in [-0.1, -0.05) is 6.92 Å². The Morgan fingerprint density at radius 2 is 2.20 bits per heavy atom. The molecule has 5 nitrogen and oxygen atoms in total. The minimum Gasteiger partial charge on any atom is -0.311 e. The Labute approximate surface area is 121 Å². The van der Waals surface area contributed by atoms with Gasteiger partial charge in [0.25, 0.3) is 0 Å². The number of hydrogen-bond donors (Lipinski definition) is 1. The van der Waals surface area contributed by atoms with Crippen molar-refractivity contribution in [3.05, 3.63) is 12.2 Å². The zero-order chi connectivity index (χ0) is 14.1. The van der Waals surface area contributed by atoms with Gasteiger partial charge in [0.2, 0.25) is 0 Å². The molecule has 1 saturated heterocycles. The fraction of sp³-hybridized carbons (Fsp3) is 0.867. The molecule has 2 atom stereocenters. The third kappa shape index (κ3) is 2.88. The van der Waals surface area contributed by atoms with E-state index in [-0.39, 0.29) is 0 Å². The van der Waals surface area contributed by atoms with Gasteiger partial charge in [0.15, 0.2) is 0 Å². The summed E-state index contributed by atoms with van der Waals surface area (Å²) in [6.07, 6.45) is 5.69. The zero-order valence-corrected chi connectivity index (χ0v) is 12.9. The largest absolute Gasteiger partial charge is 0.311 e. The Balaban J connectivity index is 1.73. The fourth-order valence-electron chi connectivity index (χ4n) is 3.30. The average molecular weight is 277 g/mol. The van der Waals surface area contributed by atoms with Crippen LogP contribution in [0.4, 0.5) is 0 Å². The molecule has 2 unspecified atom stereocenters. The minimum atomic E-state index is 0.386. The predicted octanol–water partition coefficient (Wildman–Crippen LogP) is 1.82. The van der Waals surface area contributed by atoms with Crippen molar-refractivity contribution in [2.45, 2.75) is 64.7 Å². The van der Waals surface area contributed by atoms with Crippen LogP contribution >= 0.6 is 0 Å². The maximum absolute atomic E-state index is 4.49. The Morgan fingerprint density at radius 1 is 1.40 bits per heavy atom. The van der Waals surface area contributed by atoms with Crippen LogP contribution in [0.5, 0.6) is 0 Å². The molecule has 3 rings (SSSR count). The normalized spacial score (nSPS) is 28.2. The maximum atomic E-state index is 4.49. The molecular formula is C15H27N5. The van der Waals surface area contributed by atoms with Gasteiger partial charge < -0.3 is 5.32 Å². The van der Waals surface area contributed by atoms with Gasteiger partial charge in [0, 0.05) is 31.2 Å². The van der Waals surface area contributed by atoms with Crippen LogP contribution in [0.2, 0.25) is 0 Å². The molecule has 112 valence electrons. The minimum absolute atomic E-state index is 0.386. The molecule has 2 fully saturated rings. The van der Waals surface area contributed by atoms with E-state index in [9.17, 15) is 0 Å². The van der Waals surface area contributed by atoms with E-state index in [4.69, 9.17) is 0 Å². The summed E-state index contributed by atoms with van der Waals surface area (Å²) < 4.78 is 2.06. The molecule has 0 spiro atoms. The fourth-order valence-corrected chi connectivity index (χ4v) is 3.30. The van der Waals surface area contributed by atoms with Gasteiger partial charge in [-0.3, -0.25) is 4.90 Å². The number of aromatic nitrogens is 3. The van der Waals surface area contributed by atoms with E-state index in [1.807, 2.05) is 0 Å². The van der Waals surface area contributed by atoms with E-state index < -0.39 is 0 Å². The predicted molar refractivity (Wildman–Crippen MR) is 79.4 cm³/mol. The molecule has 1 saturated carbocycles. The van der Waals surface area contributed by atoms with Gasteiger partial charge in [0.1, 0.15) is 12.2 Å². The quantitative estimate of drug-likeness (QED) is 0.892. The highest BCUT2D eigenvalue weighted by Crippen LogP contribution is 2.36. The second kappa shape index (κ2) is 5.82. The number of hydrogen-bond acceptors (Lipinski definition) is 4. The van der Waals surface area contributed by atoms with Crippen molar-refractivity contribution in [1.82, 2.24) is 25.0 Å². The van der Waals surface area contributed by atoms with Crippen LogP contribution in [-0.4, -0.2) is 44.8 Å². The smallest absolute Gasteiger partial charge is 0.141 e. The first-order chi connectivity index (χ1) is 9.69. The van der Waals surface area contributed by atoms with E-state index in [2.05, 4.69) is 45.8 Å². The van der Waals surface area contributed by atoms with Gasteiger partial charge in [-0.15, -0.1) is 0 Å². The van der Waals surface area contributed by atoms with E-state index in [0.717, 1.165) is 31.4 Å². The molecule has 0 radical (unpaired) electrons. The van der Waals surface area contributed by atoms with Crippen LogP contribution in [0.25, 0.3) is 0 Å². The first-order valence-corrected chi connectivity index (χ1v) is 8.04. The maximum Gasteiger partial charge on any atom is 0.141 e. The molecule has 1 aliphatic heterocycles. The number of piperazine rings is 1. The monoisotopic (exact) mass is 277 g/mol. The van der Waals surface area contributed by atoms with Gasteiger partial charge in [-0.25, -0.2) is 9.67 Å². The second-order valence-corrected chi connectivity index (χ2v) is 6.56. The molecule has 1 aromatic rings. The third-order valence-electron chi connectivity index (χ3n) is 4.68. The second-order valence-electron chi connectivity index (χ2n) is 6.56. The van der Waals surface area contributed by atoms with Gasteiger partial charge >= 0.3 is 0 Å². The van der Waals surface area contributed by atoms with Gasteiger partial charge in [-0.05, 0) is 39.0 Å². The highest BCUT2D eigenvalue weighted by atomic mass is 15.4. The summed E-state index contributed by atoms with van der Waals surface area (Å²) >= 11 is 0. The summed E-state index contributed by atoms with van der Waals surface area (Å²) in [6, 6.07) is 1.70. The lowest BCUT2D eigenvalue weighted by Crippen LogP contribution is -2.56. The highest BCUT2D eigenvalue weighted by molar-refractivity contribution is 4.97. The molecule has 0 amide bonds. The van der Waals surface area contributed by atoms with Crippen LogP contribution in [0.1, 0.15) is 51.9 Å². The van der Waals surface area contributed by atoms with Gasteiger partial charge in [0.05, 0.1) is 6.54 Å². The van der Waals surface area contributed by atoms with Gasteiger partial charge in [-0.2, -0.15) is 5.10 Å². The summed E-state index contributed by atoms with van der Waals surface area (Å²) in [5, 5.41) is 8.07. The molecule has 0 bridgehead atoms. The van der Waals surface area contributed by atoms with Crippen LogP contribution in [0.3, 0.4) is 0 Å². The summed E-state index contributed by atoms with van der Waals surface area (Å²) in [7, 11) is 0. The lowest BCUT2D eigenvalue weighted by molar-refractivity contribution is 0.101. The van der Waals surface area contributed by atoms with Crippen LogP contribution in [-0.2, 0) is 6.54 Å². The molecule has 20 heavy (non-hydrogen) atoms. The third-order valence-corrected chi connectivity index (χ3v) is 4.68. The molecule has 5 heteroatoms. The zero-order valence-electron chi connectivity index (χ0n) is 12.9. The Morgan fingerprint density at radius 3 is 2.85 bits per heavy atom. The lowest BCUT2D eigenvalue weighted by Gasteiger charge is -2.40. The Kier molecular flexibility index (Phi) is 4.08. The number of nitrogens with zero attached hydrogens (tertiary/aromatic N) is 4. The van der Waals surface area contributed by atoms with Crippen molar-refractivity contribution >= 4 is 0 Å². The van der Waals surface area contributed by atoms with E-state index in [1.54, 1.807) is 6.33 Å². The van der Waals surface area contributed by atoms with Crippen molar-refractivity contribution in [1.29, 1.82) is 0 Å². The summed E-state index contributed by atoms with van der Waals surface area (Å²) in [6.45, 7) is 9.83. The molecule has 0 aromatic carbocycles. The first kappa shape index (κ1) is 14.0. The highest BCUT2D eigenvalue weighted by Gasteiger charge is 2.38. The van der Waals surface area contributed by atoms with Crippen LogP contribution < -0.4 is 5.32 Å². The average Bonchev–Trinajstić information content (AvgIpc) is 3.17. The molecule has 2 heterocycles. The van der Waals surface area contributed by atoms with E-state index >= 15 is 0 Å². The number of rotatable bonds is 5. The van der Waals surface area contributed by atoms with Crippen molar-refractivity contribution < 1.29 is 0 Å². The van der Waals surface area contributed by atoms with Crippen LogP contribution in [0.15, 0.2) is 6.33 Å². The van der Waals surface area contributed by atoms with Crippen LogP contribution in [0, 0.1) is 5.92 Å². The van der Waals surface area contributed by atoms with Crippen molar-refractivity contribution in [3.8, 4) is 0 Å². The topological polar surface area (TPSA) is 46.0 Å². The van der Waals surface area contributed by atoms with E-state index in [1.165, 1.54) is 19.3 Å². The lowest BCUT2D eigenvalue weighted by atomic mass is 10.0.